The molecule has 0 radical (unpaired) electrons. The summed E-state index contributed by atoms with van der Waals surface area (Å²) in [6, 6.07) is 13.3. The number of methoxy groups -OCH3 is 2. The smallest absolute Gasteiger partial charge is 0.277 e. The second-order valence-electron chi connectivity index (χ2n) is 6.42. The minimum Gasteiger partial charge on any atom is -0.493 e. The van der Waals surface area contributed by atoms with Crippen molar-refractivity contribution < 1.29 is 19.0 Å². The Balaban J connectivity index is 1.85. The summed E-state index contributed by atoms with van der Waals surface area (Å²) in [4.78, 5) is 11.9. The third kappa shape index (κ3) is 6.01. The fourth-order valence-electron chi connectivity index (χ4n) is 2.86. The van der Waals surface area contributed by atoms with Gasteiger partial charge in [0.25, 0.3) is 5.91 Å². The second kappa shape index (κ2) is 11.0. The number of hydrogen-bond acceptors (Lipinski definition) is 5. The van der Waals surface area contributed by atoms with Gasteiger partial charge in [-0.25, -0.2) is 5.43 Å². The fraction of sp³-hybridized carbons (Fsp3) is 0.364. The van der Waals surface area contributed by atoms with Crippen molar-refractivity contribution >= 4 is 12.1 Å². The lowest BCUT2D eigenvalue weighted by atomic mass is 9.97. The normalized spacial score (nSPS) is 11.9. The zero-order valence-corrected chi connectivity index (χ0v) is 16.9. The third-order valence-corrected chi connectivity index (χ3v) is 4.37. The molecule has 150 valence electrons. The molecule has 0 aliphatic heterocycles. The molecule has 1 N–H and O–H groups in total. The molecule has 0 bridgehead atoms. The largest absolute Gasteiger partial charge is 0.493 e. The SMILES string of the molecule is CCC[C@@H](C)c1ccc(OCC(=O)N/N=C\c2cccc(OC)c2OC)cc1. The molecular weight excluding hydrogens is 356 g/mol. The summed E-state index contributed by atoms with van der Waals surface area (Å²) in [7, 11) is 3.12. The third-order valence-electron chi connectivity index (χ3n) is 4.37. The Labute approximate surface area is 166 Å². The Morgan fingerprint density at radius 1 is 1.14 bits per heavy atom. The van der Waals surface area contributed by atoms with E-state index in [1.165, 1.54) is 11.8 Å². The molecule has 6 heteroatoms. The molecule has 1 amide bonds. The number of rotatable bonds is 10. The molecule has 2 aromatic carbocycles. The van der Waals surface area contributed by atoms with Gasteiger partial charge in [0.15, 0.2) is 18.1 Å². The van der Waals surface area contributed by atoms with Gasteiger partial charge in [0.1, 0.15) is 5.75 Å². The van der Waals surface area contributed by atoms with Gasteiger partial charge in [-0.3, -0.25) is 4.79 Å². The number of carbonyl (C=O) groups is 1. The van der Waals surface area contributed by atoms with Crippen LogP contribution < -0.4 is 19.6 Å². The first-order valence-electron chi connectivity index (χ1n) is 9.34. The van der Waals surface area contributed by atoms with Crippen LogP contribution in [0.1, 0.15) is 43.7 Å². The molecule has 0 spiro atoms. The van der Waals surface area contributed by atoms with Crippen molar-refractivity contribution in [3.63, 3.8) is 0 Å². The number of hydrazone groups is 1. The number of para-hydroxylation sites is 1. The van der Waals surface area contributed by atoms with Crippen LogP contribution in [0.2, 0.25) is 0 Å². The van der Waals surface area contributed by atoms with Gasteiger partial charge in [-0.15, -0.1) is 0 Å². The van der Waals surface area contributed by atoms with E-state index in [1.54, 1.807) is 20.3 Å². The van der Waals surface area contributed by atoms with Crippen molar-refractivity contribution in [1.82, 2.24) is 5.43 Å². The summed E-state index contributed by atoms with van der Waals surface area (Å²) in [5.41, 5.74) is 4.41. The van der Waals surface area contributed by atoms with Gasteiger partial charge in [0.2, 0.25) is 0 Å². The molecule has 0 saturated carbocycles. The summed E-state index contributed by atoms with van der Waals surface area (Å²) in [6.07, 6.45) is 3.81. The van der Waals surface area contributed by atoms with Crippen LogP contribution in [0, 0.1) is 0 Å². The van der Waals surface area contributed by atoms with Gasteiger partial charge in [0.05, 0.1) is 20.4 Å². The van der Waals surface area contributed by atoms with E-state index < -0.39 is 0 Å². The summed E-state index contributed by atoms with van der Waals surface area (Å²) >= 11 is 0. The van der Waals surface area contributed by atoms with E-state index in [1.807, 2.05) is 36.4 Å². The molecule has 0 heterocycles. The lowest BCUT2D eigenvalue weighted by Gasteiger charge is -2.11. The van der Waals surface area contributed by atoms with Crippen LogP contribution in [-0.2, 0) is 4.79 Å². The van der Waals surface area contributed by atoms with Gasteiger partial charge in [0, 0.05) is 5.56 Å². The highest BCUT2D eigenvalue weighted by Gasteiger charge is 2.08. The molecule has 6 nitrogen and oxygen atoms in total. The maximum Gasteiger partial charge on any atom is 0.277 e. The first-order chi connectivity index (χ1) is 13.6. The highest BCUT2D eigenvalue weighted by Crippen LogP contribution is 2.29. The van der Waals surface area contributed by atoms with Crippen LogP contribution in [0.15, 0.2) is 47.6 Å². The standard InChI is InChI=1S/C22H28N2O4/c1-5-7-16(2)17-10-12-19(13-11-17)28-15-21(25)24-23-14-18-8-6-9-20(26-3)22(18)27-4/h6,8-14,16H,5,7,15H2,1-4H3,(H,24,25)/b23-14-/t16-/m1/s1. The first-order valence-corrected chi connectivity index (χ1v) is 9.34. The average Bonchev–Trinajstić information content (AvgIpc) is 2.72. The Bertz CT molecular complexity index is 788. The zero-order valence-electron chi connectivity index (χ0n) is 16.9. The van der Waals surface area contributed by atoms with Crippen molar-refractivity contribution in [2.24, 2.45) is 5.10 Å². The van der Waals surface area contributed by atoms with Gasteiger partial charge in [-0.05, 0) is 42.2 Å². The molecule has 0 unspecified atom stereocenters. The van der Waals surface area contributed by atoms with Crippen LogP contribution in [-0.4, -0.2) is 32.9 Å². The molecule has 0 aliphatic carbocycles. The fourth-order valence-corrected chi connectivity index (χ4v) is 2.86. The minimum atomic E-state index is -0.346. The number of ether oxygens (including phenoxy) is 3. The monoisotopic (exact) mass is 384 g/mol. The van der Waals surface area contributed by atoms with E-state index in [4.69, 9.17) is 14.2 Å². The molecule has 1 atom stereocenters. The van der Waals surface area contributed by atoms with Crippen LogP contribution in [0.3, 0.4) is 0 Å². The predicted molar refractivity (Wildman–Crippen MR) is 111 cm³/mol. The van der Waals surface area contributed by atoms with Crippen LogP contribution in [0.4, 0.5) is 0 Å². The summed E-state index contributed by atoms with van der Waals surface area (Å²) < 4.78 is 16.1. The van der Waals surface area contributed by atoms with Crippen LogP contribution in [0.25, 0.3) is 0 Å². The number of nitrogens with zero attached hydrogens (tertiary/aromatic N) is 1. The molecule has 0 aromatic heterocycles. The maximum atomic E-state index is 11.9. The number of nitrogens with one attached hydrogen (secondary N) is 1. The van der Waals surface area contributed by atoms with Crippen molar-refractivity contribution in [2.75, 3.05) is 20.8 Å². The van der Waals surface area contributed by atoms with E-state index in [0.29, 0.717) is 28.7 Å². The van der Waals surface area contributed by atoms with Crippen molar-refractivity contribution in [3.8, 4) is 17.2 Å². The average molecular weight is 384 g/mol. The summed E-state index contributed by atoms with van der Waals surface area (Å²) in [5.74, 6) is 1.97. The Hall–Kier alpha value is -3.02. The number of benzene rings is 2. The quantitative estimate of drug-likeness (QED) is 0.494. The van der Waals surface area contributed by atoms with E-state index in [0.717, 1.165) is 12.8 Å². The molecule has 2 aromatic rings. The molecule has 28 heavy (non-hydrogen) atoms. The van der Waals surface area contributed by atoms with Crippen LogP contribution >= 0.6 is 0 Å². The van der Waals surface area contributed by atoms with Gasteiger partial charge in [-0.1, -0.05) is 38.5 Å². The van der Waals surface area contributed by atoms with Gasteiger partial charge >= 0.3 is 0 Å². The first kappa shape index (κ1) is 21.3. The highest BCUT2D eigenvalue weighted by atomic mass is 16.5. The van der Waals surface area contributed by atoms with Crippen molar-refractivity contribution in [3.05, 3.63) is 53.6 Å². The highest BCUT2D eigenvalue weighted by molar-refractivity contribution is 5.86. The van der Waals surface area contributed by atoms with Gasteiger partial charge in [-0.2, -0.15) is 5.10 Å². The topological polar surface area (TPSA) is 69.2 Å². The predicted octanol–water partition coefficient (Wildman–Crippen LogP) is 4.14. The minimum absolute atomic E-state index is 0.115. The lowest BCUT2D eigenvalue weighted by molar-refractivity contribution is -0.123. The summed E-state index contributed by atoms with van der Waals surface area (Å²) in [5, 5.41) is 3.96. The molecule has 0 fully saturated rings. The molecule has 0 saturated heterocycles. The lowest BCUT2D eigenvalue weighted by Crippen LogP contribution is -2.24. The molecule has 0 aliphatic rings. The summed E-state index contributed by atoms with van der Waals surface area (Å²) in [6.45, 7) is 4.28. The second-order valence-corrected chi connectivity index (χ2v) is 6.42. The molecular formula is C22H28N2O4. The van der Waals surface area contributed by atoms with Gasteiger partial charge < -0.3 is 14.2 Å². The molecule has 2 rings (SSSR count). The zero-order chi connectivity index (χ0) is 20.4. The Morgan fingerprint density at radius 3 is 2.54 bits per heavy atom. The van der Waals surface area contributed by atoms with E-state index >= 15 is 0 Å². The van der Waals surface area contributed by atoms with E-state index in [9.17, 15) is 4.79 Å². The number of carbonyl (C=O) groups excluding carboxylic acids is 1. The van der Waals surface area contributed by atoms with Crippen molar-refractivity contribution in [2.45, 2.75) is 32.6 Å². The Morgan fingerprint density at radius 2 is 1.89 bits per heavy atom. The van der Waals surface area contributed by atoms with Crippen molar-refractivity contribution in [1.29, 1.82) is 0 Å². The number of amides is 1. The van der Waals surface area contributed by atoms with E-state index in [2.05, 4.69) is 24.4 Å². The number of hydrogen-bond donors (Lipinski definition) is 1. The Kier molecular flexibility index (Phi) is 8.34. The van der Waals surface area contributed by atoms with E-state index in [-0.39, 0.29) is 12.5 Å². The maximum absolute atomic E-state index is 11.9. The van der Waals surface area contributed by atoms with Crippen LogP contribution in [0.5, 0.6) is 17.2 Å².